The average Bonchev–Trinajstić information content (AvgIpc) is 3.10. The number of benzene rings is 2. The molecule has 0 aliphatic rings. The standard InChI is InChI=1S/C20H19F3N4OS/c1-2-12-27-18(14-8-4-3-5-9-14)25-26-19(27)29-13-17(28)24-16-11-7-6-10-15(16)20(21,22)23/h3-11H,2,12-13H2,1H3,(H,24,28). The Bertz CT molecular complexity index is 973. The number of carbonyl (C=O) groups excluding carboxylic acids is 1. The first-order valence-corrected chi connectivity index (χ1v) is 9.96. The highest BCUT2D eigenvalue weighted by atomic mass is 32.2. The first kappa shape index (κ1) is 20.9. The van der Waals surface area contributed by atoms with Crippen LogP contribution in [0.3, 0.4) is 0 Å². The normalized spacial score (nSPS) is 11.4. The Morgan fingerprint density at radius 1 is 1.07 bits per heavy atom. The minimum absolute atomic E-state index is 0.0805. The number of alkyl halides is 3. The van der Waals surface area contributed by atoms with Gasteiger partial charge in [-0.05, 0) is 18.6 Å². The molecule has 0 bridgehead atoms. The van der Waals surface area contributed by atoms with Gasteiger partial charge in [0.25, 0.3) is 0 Å². The topological polar surface area (TPSA) is 59.8 Å². The van der Waals surface area contributed by atoms with Gasteiger partial charge in [0, 0.05) is 12.1 Å². The summed E-state index contributed by atoms with van der Waals surface area (Å²) < 4.78 is 41.1. The summed E-state index contributed by atoms with van der Waals surface area (Å²) in [6.07, 6.45) is -3.69. The van der Waals surface area contributed by atoms with Gasteiger partial charge in [0.05, 0.1) is 17.0 Å². The quantitative estimate of drug-likeness (QED) is 0.540. The molecule has 3 aromatic rings. The van der Waals surface area contributed by atoms with Gasteiger partial charge in [0.15, 0.2) is 11.0 Å². The van der Waals surface area contributed by atoms with E-state index in [-0.39, 0.29) is 11.4 Å². The highest BCUT2D eigenvalue weighted by molar-refractivity contribution is 7.99. The summed E-state index contributed by atoms with van der Waals surface area (Å²) in [6, 6.07) is 14.5. The summed E-state index contributed by atoms with van der Waals surface area (Å²) in [6.45, 7) is 2.68. The molecule has 0 radical (unpaired) electrons. The maximum absolute atomic E-state index is 13.1. The maximum atomic E-state index is 13.1. The summed E-state index contributed by atoms with van der Waals surface area (Å²) in [4.78, 5) is 12.3. The molecule has 1 aromatic heterocycles. The molecule has 0 atom stereocenters. The van der Waals surface area contributed by atoms with Crippen molar-refractivity contribution in [2.24, 2.45) is 0 Å². The lowest BCUT2D eigenvalue weighted by Crippen LogP contribution is -2.18. The Hall–Kier alpha value is -2.81. The lowest BCUT2D eigenvalue weighted by molar-refractivity contribution is -0.137. The molecule has 2 aromatic carbocycles. The van der Waals surface area contributed by atoms with Crippen molar-refractivity contribution < 1.29 is 18.0 Å². The Kier molecular flexibility index (Phi) is 6.58. The van der Waals surface area contributed by atoms with E-state index in [1.165, 1.54) is 18.2 Å². The van der Waals surface area contributed by atoms with E-state index in [1.54, 1.807) is 0 Å². The summed E-state index contributed by atoms with van der Waals surface area (Å²) in [5.74, 6) is 0.0693. The zero-order valence-electron chi connectivity index (χ0n) is 15.6. The second kappa shape index (κ2) is 9.13. The molecule has 9 heteroatoms. The number of thioether (sulfide) groups is 1. The van der Waals surface area contributed by atoms with Crippen LogP contribution in [0.2, 0.25) is 0 Å². The van der Waals surface area contributed by atoms with Crippen LogP contribution in [0.1, 0.15) is 18.9 Å². The first-order valence-electron chi connectivity index (χ1n) is 8.97. The lowest BCUT2D eigenvalue weighted by Gasteiger charge is -2.13. The molecule has 5 nitrogen and oxygen atoms in total. The number of rotatable bonds is 7. The van der Waals surface area contributed by atoms with Crippen LogP contribution >= 0.6 is 11.8 Å². The fraction of sp³-hybridized carbons (Fsp3) is 0.250. The third-order valence-corrected chi connectivity index (χ3v) is 5.00. The molecule has 1 heterocycles. The van der Waals surface area contributed by atoms with Crippen molar-refractivity contribution in [3.05, 3.63) is 60.2 Å². The number of amides is 1. The van der Waals surface area contributed by atoms with Crippen LogP contribution in [-0.4, -0.2) is 26.4 Å². The van der Waals surface area contributed by atoms with Crippen LogP contribution in [0.5, 0.6) is 0 Å². The fourth-order valence-electron chi connectivity index (χ4n) is 2.78. The molecule has 0 spiro atoms. The second-order valence-corrected chi connectivity index (χ2v) is 7.15. The molecule has 0 unspecified atom stereocenters. The van der Waals surface area contributed by atoms with Gasteiger partial charge in [-0.15, -0.1) is 10.2 Å². The number of para-hydroxylation sites is 1. The number of aromatic nitrogens is 3. The molecule has 3 rings (SSSR count). The predicted octanol–water partition coefficient (Wildman–Crippen LogP) is 5.10. The van der Waals surface area contributed by atoms with Gasteiger partial charge in [-0.1, -0.05) is 61.2 Å². The van der Waals surface area contributed by atoms with E-state index >= 15 is 0 Å². The van der Waals surface area contributed by atoms with E-state index in [0.717, 1.165) is 29.8 Å². The fourth-order valence-corrected chi connectivity index (χ4v) is 3.54. The third-order valence-electron chi connectivity index (χ3n) is 4.03. The highest BCUT2D eigenvalue weighted by Crippen LogP contribution is 2.34. The Morgan fingerprint density at radius 2 is 1.76 bits per heavy atom. The summed E-state index contributed by atoms with van der Waals surface area (Å²) in [5.41, 5.74) is -0.228. The van der Waals surface area contributed by atoms with Gasteiger partial charge in [-0.25, -0.2) is 0 Å². The molecule has 1 amide bonds. The number of nitrogens with one attached hydrogen (secondary N) is 1. The number of hydrogen-bond acceptors (Lipinski definition) is 4. The smallest absolute Gasteiger partial charge is 0.325 e. The van der Waals surface area contributed by atoms with Gasteiger partial charge in [0.1, 0.15) is 0 Å². The zero-order valence-corrected chi connectivity index (χ0v) is 16.4. The van der Waals surface area contributed by atoms with Crippen molar-refractivity contribution >= 4 is 23.4 Å². The maximum Gasteiger partial charge on any atom is 0.418 e. The van der Waals surface area contributed by atoms with E-state index in [2.05, 4.69) is 15.5 Å². The molecule has 0 fully saturated rings. The SMILES string of the molecule is CCCn1c(SCC(=O)Nc2ccccc2C(F)(F)F)nnc1-c1ccccc1. The minimum Gasteiger partial charge on any atom is -0.325 e. The first-order chi connectivity index (χ1) is 13.9. The van der Waals surface area contributed by atoms with E-state index in [1.807, 2.05) is 41.8 Å². The Morgan fingerprint density at radius 3 is 2.45 bits per heavy atom. The molecular weight excluding hydrogens is 401 g/mol. The molecule has 29 heavy (non-hydrogen) atoms. The Labute approximate surface area is 170 Å². The van der Waals surface area contributed by atoms with E-state index in [9.17, 15) is 18.0 Å². The van der Waals surface area contributed by atoms with Crippen LogP contribution < -0.4 is 5.32 Å². The zero-order chi connectivity index (χ0) is 20.9. The molecule has 152 valence electrons. The number of hydrogen-bond donors (Lipinski definition) is 1. The van der Waals surface area contributed by atoms with Crippen LogP contribution in [-0.2, 0) is 17.5 Å². The average molecular weight is 420 g/mol. The van der Waals surface area contributed by atoms with Crippen LogP contribution in [0, 0.1) is 0 Å². The van der Waals surface area contributed by atoms with E-state index < -0.39 is 17.6 Å². The van der Waals surface area contributed by atoms with Crippen molar-refractivity contribution in [3.8, 4) is 11.4 Å². The summed E-state index contributed by atoms with van der Waals surface area (Å²) in [7, 11) is 0. The highest BCUT2D eigenvalue weighted by Gasteiger charge is 2.33. The van der Waals surface area contributed by atoms with Crippen molar-refractivity contribution in [2.75, 3.05) is 11.1 Å². The third kappa shape index (κ3) is 5.17. The van der Waals surface area contributed by atoms with Gasteiger partial charge in [0.2, 0.25) is 5.91 Å². The van der Waals surface area contributed by atoms with Crippen molar-refractivity contribution in [2.45, 2.75) is 31.2 Å². The number of halogens is 3. The molecule has 0 aliphatic heterocycles. The largest absolute Gasteiger partial charge is 0.418 e. The monoisotopic (exact) mass is 420 g/mol. The Balaban J connectivity index is 1.72. The molecule has 0 saturated carbocycles. The number of nitrogens with zero attached hydrogens (tertiary/aromatic N) is 3. The summed E-state index contributed by atoms with van der Waals surface area (Å²) in [5, 5.41) is 11.3. The van der Waals surface area contributed by atoms with Crippen molar-refractivity contribution in [1.82, 2.24) is 14.8 Å². The molecular formula is C20H19F3N4OS. The summed E-state index contributed by atoms with van der Waals surface area (Å²) >= 11 is 1.14. The molecule has 0 aliphatic carbocycles. The van der Waals surface area contributed by atoms with Crippen LogP contribution in [0.15, 0.2) is 59.8 Å². The molecule has 0 saturated heterocycles. The number of anilines is 1. The van der Waals surface area contributed by atoms with Crippen LogP contribution in [0.25, 0.3) is 11.4 Å². The predicted molar refractivity (Wildman–Crippen MR) is 107 cm³/mol. The number of carbonyl (C=O) groups is 1. The van der Waals surface area contributed by atoms with Crippen LogP contribution in [0.4, 0.5) is 18.9 Å². The van der Waals surface area contributed by atoms with Gasteiger partial charge >= 0.3 is 6.18 Å². The lowest BCUT2D eigenvalue weighted by atomic mass is 10.1. The second-order valence-electron chi connectivity index (χ2n) is 6.20. The van der Waals surface area contributed by atoms with E-state index in [4.69, 9.17) is 0 Å². The van der Waals surface area contributed by atoms with Crippen molar-refractivity contribution in [1.29, 1.82) is 0 Å². The van der Waals surface area contributed by atoms with Gasteiger partial charge < -0.3 is 9.88 Å². The molecule has 1 N–H and O–H groups in total. The van der Waals surface area contributed by atoms with Gasteiger partial charge in [-0.3, -0.25) is 4.79 Å². The van der Waals surface area contributed by atoms with E-state index in [0.29, 0.717) is 17.5 Å². The minimum atomic E-state index is -4.54. The van der Waals surface area contributed by atoms with Gasteiger partial charge in [-0.2, -0.15) is 13.2 Å². The van der Waals surface area contributed by atoms with Crippen molar-refractivity contribution in [3.63, 3.8) is 0 Å².